The van der Waals surface area contributed by atoms with E-state index in [1.54, 1.807) is 0 Å². The molecule has 0 aromatic rings. The molecule has 0 aromatic heterocycles. The molecule has 5 nitrogen and oxygen atoms in total. The molecule has 0 aliphatic carbocycles. The average Bonchev–Trinajstić information content (AvgIpc) is 1.60. The third-order valence-corrected chi connectivity index (χ3v) is 1.05. The molecule has 0 heterocycles. The quantitative estimate of drug-likeness (QED) is 0.426. The van der Waals surface area contributed by atoms with E-state index >= 15 is 0 Å². The summed E-state index contributed by atoms with van der Waals surface area (Å²) in [4.78, 5) is 10.4. The fourth-order valence-corrected chi connectivity index (χ4v) is 0.613. The van der Waals surface area contributed by atoms with Gasteiger partial charge in [-0.25, -0.2) is 4.72 Å². The SMILES string of the molecule is C=C(C)C(=O)NS(=O)(=O)O. The van der Waals surface area contributed by atoms with Crippen molar-refractivity contribution in [1.82, 2.24) is 4.72 Å². The second-order valence-corrected chi connectivity index (χ2v) is 2.84. The molecule has 0 aliphatic heterocycles. The molecule has 0 saturated heterocycles. The van der Waals surface area contributed by atoms with Crippen LogP contribution in [-0.4, -0.2) is 18.9 Å². The molecular formula is C4H7NO4S. The number of hydrogen-bond acceptors (Lipinski definition) is 3. The monoisotopic (exact) mass is 165 g/mol. The zero-order chi connectivity index (χ0) is 8.36. The van der Waals surface area contributed by atoms with Crippen molar-refractivity contribution in [3.63, 3.8) is 0 Å². The summed E-state index contributed by atoms with van der Waals surface area (Å²) in [5, 5.41) is 0. The minimum absolute atomic E-state index is 0.0117. The second kappa shape index (κ2) is 2.80. The van der Waals surface area contributed by atoms with Crippen LogP contribution in [-0.2, 0) is 15.1 Å². The first kappa shape index (κ1) is 9.12. The lowest BCUT2D eigenvalue weighted by atomic mass is 10.3. The van der Waals surface area contributed by atoms with Crippen molar-refractivity contribution < 1.29 is 17.8 Å². The van der Waals surface area contributed by atoms with Crippen LogP contribution in [0.5, 0.6) is 0 Å². The number of carbonyl (C=O) groups excluding carboxylic acids is 1. The molecule has 0 unspecified atom stereocenters. The molecule has 58 valence electrons. The first-order chi connectivity index (χ1) is 4.33. The maximum absolute atomic E-state index is 10.4. The summed E-state index contributed by atoms with van der Waals surface area (Å²) in [6.07, 6.45) is 0. The highest BCUT2D eigenvalue weighted by Gasteiger charge is 2.09. The van der Waals surface area contributed by atoms with E-state index in [0.29, 0.717) is 0 Å². The molecule has 0 saturated carbocycles. The number of hydrogen-bond donors (Lipinski definition) is 2. The Morgan fingerprint density at radius 1 is 1.60 bits per heavy atom. The Bertz CT molecular complexity index is 252. The molecule has 0 aliphatic rings. The summed E-state index contributed by atoms with van der Waals surface area (Å²) >= 11 is 0. The van der Waals surface area contributed by atoms with Gasteiger partial charge in [-0.15, -0.1) is 0 Å². The summed E-state index contributed by atoms with van der Waals surface area (Å²) < 4.78 is 29.2. The molecule has 0 radical (unpaired) electrons. The van der Waals surface area contributed by atoms with Crippen molar-refractivity contribution in [2.24, 2.45) is 0 Å². The Labute approximate surface area is 58.6 Å². The smallest absolute Gasteiger partial charge is 0.269 e. The van der Waals surface area contributed by atoms with Crippen LogP contribution in [0.3, 0.4) is 0 Å². The zero-order valence-corrected chi connectivity index (χ0v) is 6.10. The predicted octanol–water partition coefficient (Wildman–Crippen LogP) is -0.518. The fraction of sp³-hybridized carbons (Fsp3) is 0.250. The molecular weight excluding hydrogens is 158 g/mol. The number of carbonyl (C=O) groups is 1. The molecule has 0 bridgehead atoms. The number of nitrogens with one attached hydrogen (secondary N) is 1. The van der Waals surface area contributed by atoms with Crippen LogP contribution in [0.25, 0.3) is 0 Å². The van der Waals surface area contributed by atoms with Crippen molar-refractivity contribution >= 4 is 16.2 Å². The van der Waals surface area contributed by atoms with Crippen molar-refractivity contribution in [3.8, 4) is 0 Å². The van der Waals surface area contributed by atoms with Gasteiger partial charge in [0, 0.05) is 5.57 Å². The molecule has 0 aromatic carbocycles. The fourth-order valence-electron chi connectivity index (χ4n) is 0.204. The summed E-state index contributed by atoms with van der Waals surface area (Å²) in [7, 11) is -4.43. The molecule has 10 heavy (non-hydrogen) atoms. The molecule has 0 fully saturated rings. The van der Waals surface area contributed by atoms with Crippen LogP contribution in [0.4, 0.5) is 0 Å². The van der Waals surface area contributed by atoms with E-state index in [1.807, 2.05) is 0 Å². The Hall–Kier alpha value is -0.880. The normalized spacial score (nSPS) is 10.6. The van der Waals surface area contributed by atoms with Crippen molar-refractivity contribution in [3.05, 3.63) is 12.2 Å². The highest BCUT2D eigenvalue weighted by atomic mass is 32.2. The number of amides is 1. The van der Waals surface area contributed by atoms with Crippen LogP contribution in [0.1, 0.15) is 6.92 Å². The third-order valence-electron chi connectivity index (χ3n) is 0.609. The molecule has 6 heteroatoms. The minimum Gasteiger partial charge on any atom is -0.269 e. The Morgan fingerprint density at radius 3 is 2.10 bits per heavy atom. The van der Waals surface area contributed by atoms with Gasteiger partial charge in [0.1, 0.15) is 0 Å². The van der Waals surface area contributed by atoms with Crippen LogP contribution in [0.2, 0.25) is 0 Å². The largest absolute Gasteiger partial charge is 0.359 e. The highest BCUT2D eigenvalue weighted by Crippen LogP contribution is 1.86. The Morgan fingerprint density at radius 2 is 2.00 bits per heavy atom. The van der Waals surface area contributed by atoms with Gasteiger partial charge in [-0.1, -0.05) is 6.58 Å². The topological polar surface area (TPSA) is 83.5 Å². The maximum atomic E-state index is 10.4. The average molecular weight is 165 g/mol. The first-order valence-electron chi connectivity index (χ1n) is 2.28. The van der Waals surface area contributed by atoms with Gasteiger partial charge in [-0.2, -0.15) is 8.42 Å². The van der Waals surface area contributed by atoms with E-state index in [0.717, 1.165) is 0 Å². The predicted molar refractivity (Wildman–Crippen MR) is 34.5 cm³/mol. The minimum atomic E-state index is -4.43. The van der Waals surface area contributed by atoms with E-state index in [4.69, 9.17) is 4.55 Å². The van der Waals surface area contributed by atoms with Gasteiger partial charge in [0.15, 0.2) is 0 Å². The number of rotatable bonds is 2. The van der Waals surface area contributed by atoms with Crippen LogP contribution in [0, 0.1) is 0 Å². The molecule has 0 rings (SSSR count). The van der Waals surface area contributed by atoms with E-state index in [2.05, 4.69) is 6.58 Å². The van der Waals surface area contributed by atoms with Gasteiger partial charge in [-0.3, -0.25) is 9.35 Å². The lowest BCUT2D eigenvalue weighted by Gasteiger charge is -1.97. The third kappa shape index (κ3) is 4.04. The zero-order valence-electron chi connectivity index (χ0n) is 5.29. The highest BCUT2D eigenvalue weighted by molar-refractivity contribution is 7.84. The summed E-state index contributed by atoms with van der Waals surface area (Å²) in [5.74, 6) is -0.914. The van der Waals surface area contributed by atoms with Gasteiger partial charge < -0.3 is 0 Å². The van der Waals surface area contributed by atoms with Gasteiger partial charge in [0.05, 0.1) is 0 Å². The van der Waals surface area contributed by atoms with Crippen molar-refractivity contribution in [2.75, 3.05) is 0 Å². The molecule has 1 amide bonds. The van der Waals surface area contributed by atoms with Gasteiger partial charge in [0.25, 0.3) is 5.91 Å². The van der Waals surface area contributed by atoms with Gasteiger partial charge in [0.2, 0.25) is 0 Å². The lowest BCUT2D eigenvalue weighted by molar-refractivity contribution is -0.115. The first-order valence-corrected chi connectivity index (χ1v) is 3.72. The lowest BCUT2D eigenvalue weighted by Crippen LogP contribution is -2.29. The van der Waals surface area contributed by atoms with Crippen molar-refractivity contribution in [2.45, 2.75) is 6.92 Å². The van der Waals surface area contributed by atoms with Gasteiger partial charge >= 0.3 is 10.3 Å². The van der Waals surface area contributed by atoms with Crippen LogP contribution >= 0.6 is 0 Å². The maximum Gasteiger partial charge on any atom is 0.359 e. The Kier molecular flexibility index (Phi) is 2.56. The van der Waals surface area contributed by atoms with Crippen LogP contribution in [0.15, 0.2) is 12.2 Å². The van der Waals surface area contributed by atoms with E-state index in [1.165, 1.54) is 11.6 Å². The second-order valence-electron chi connectivity index (χ2n) is 1.69. The molecule has 0 spiro atoms. The van der Waals surface area contributed by atoms with E-state index in [9.17, 15) is 13.2 Å². The molecule has 2 N–H and O–H groups in total. The van der Waals surface area contributed by atoms with E-state index in [-0.39, 0.29) is 5.57 Å². The standard InChI is InChI=1S/C4H7NO4S/c1-3(2)4(6)5-10(7,8)9/h1H2,2H3,(H,5,6)(H,7,8,9). The summed E-state index contributed by atoms with van der Waals surface area (Å²) in [5.41, 5.74) is 0.0117. The Balaban J connectivity index is 4.21. The molecule has 0 atom stereocenters. The van der Waals surface area contributed by atoms with Crippen LogP contribution < -0.4 is 4.72 Å². The summed E-state index contributed by atoms with van der Waals surface area (Å²) in [6, 6.07) is 0. The van der Waals surface area contributed by atoms with Crippen molar-refractivity contribution in [1.29, 1.82) is 0 Å². The van der Waals surface area contributed by atoms with E-state index < -0.39 is 16.2 Å². The van der Waals surface area contributed by atoms with Gasteiger partial charge in [-0.05, 0) is 6.92 Å². The summed E-state index contributed by atoms with van der Waals surface area (Å²) in [6.45, 7) is 4.47.